The minimum absolute atomic E-state index is 0.620. The minimum Gasteiger partial charge on any atom is -0.304 e. The summed E-state index contributed by atoms with van der Waals surface area (Å²) in [6.07, 6.45) is 5.39. The van der Waals surface area contributed by atoms with E-state index < -0.39 is 0 Å². The van der Waals surface area contributed by atoms with Gasteiger partial charge in [-0.05, 0) is 25.5 Å². The van der Waals surface area contributed by atoms with Crippen LogP contribution in [-0.4, -0.2) is 49.2 Å². The lowest BCUT2D eigenvalue weighted by Crippen LogP contribution is -2.55. The normalized spacial score (nSPS) is 29.4. The quantitative estimate of drug-likeness (QED) is 0.912. The summed E-state index contributed by atoms with van der Waals surface area (Å²) in [7, 11) is 2.21. The summed E-state index contributed by atoms with van der Waals surface area (Å²) in [5.41, 5.74) is 5.35. The molecule has 3 rings (SSSR count). The molecule has 0 aromatic heterocycles. The van der Waals surface area contributed by atoms with Crippen LogP contribution in [0.5, 0.6) is 0 Å². The Labute approximate surface area is 122 Å². The summed E-state index contributed by atoms with van der Waals surface area (Å²) in [4.78, 5) is 2.41. The van der Waals surface area contributed by atoms with Crippen molar-refractivity contribution in [1.29, 1.82) is 0 Å². The first-order chi connectivity index (χ1) is 9.83. The Morgan fingerprint density at radius 1 is 0.950 bits per heavy atom. The van der Waals surface area contributed by atoms with Gasteiger partial charge in [0.15, 0.2) is 0 Å². The molecule has 2 aliphatic rings. The molecule has 0 amide bonds. The van der Waals surface area contributed by atoms with Crippen LogP contribution in [0.4, 0.5) is 0 Å². The number of piperazine rings is 1. The van der Waals surface area contributed by atoms with E-state index in [0.29, 0.717) is 12.0 Å². The van der Waals surface area contributed by atoms with Gasteiger partial charge in [0.25, 0.3) is 0 Å². The van der Waals surface area contributed by atoms with Gasteiger partial charge in [0.1, 0.15) is 0 Å². The molecule has 1 N–H and O–H groups in total. The summed E-state index contributed by atoms with van der Waals surface area (Å²) in [5.74, 6) is 0.685. The zero-order chi connectivity index (χ0) is 13.8. The molecule has 0 radical (unpaired) electrons. The third-order valence-corrected chi connectivity index (χ3v) is 4.85. The first-order valence-corrected chi connectivity index (χ1v) is 8.07. The minimum atomic E-state index is 0.620. The lowest BCUT2D eigenvalue weighted by atomic mass is 9.80. The van der Waals surface area contributed by atoms with Crippen LogP contribution < -0.4 is 5.43 Å². The van der Waals surface area contributed by atoms with Crippen molar-refractivity contribution < 1.29 is 0 Å². The molecule has 1 aromatic rings. The van der Waals surface area contributed by atoms with E-state index in [1.165, 1.54) is 44.3 Å². The second-order valence-electron chi connectivity index (χ2n) is 6.33. The predicted molar refractivity (Wildman–Crippen MR) is 83.6 cm³/mol. The molecule has 1 heterocycles. The van der Waals surface area contributed by atoms with Crippen LogP contribution in [0.1, 0.15) is 37.2 Å². The zero-order valence-corrected chi connectivity index (χ0v) is 12.6. The van der Waals surface area contributed by atoms with Crippen LogP contribution in [0.2, 0.25) is 0 Å². The van der Waals surface area contributed by atoms with Crippen molar-refractivity contribution in [3.8, 4) is 0 Å². The molecule has 2 unspecified atom stereocenters. The van der Waals surface area contributed by atoms with Crippen LogP contribution in [0.25, 0.3) is 0 Å². The summed E-state index contributed by atoms with van der Waals surface area (Å²) in [5, 5.41) is 2.45. The Morgan fingerprint density at radius 3 is 2.40 bits per heavy atom. The number of likely N-dealkylation sites (N-methyl/N-ethyl adjacent to an activating group) is 1. The number of rotatable bonds is 3. The highest BCUT2D eigenvalue weighted by Gasteiger charge is 2.28. The Balaban J connectivity index is 1.64. The molecule has 1 aliphatic heterocycles. The van der Waals surface area contributed by atoms with Gasteiger partial charge in [-0.1, -0.05) is 43.2 Å². The molecule has 0 spiro atoms. The number of hydrazine groups is 1. The number of hydrogen-bond donors (Lipinski definition) is 1. The number of benzene rings is 1. The topological polar surface area (TPSA) is 18.5 Å². The fourth-order valence-corrected chi connectivity index (χ4v) is 3.55. The first kappa shape index (κ1) is 14.1. The molecule has 2 atom stereocenters. The third-order valence-electron chi connectivity index (χ3n) is 4.85. The second kappa shape index (κ2) is 6.70. The fraction of sp³-hybridized carbons (Fsp3) is 0.647. The highest BCUT2D eigenvalue weighted by Crippen LogP contribution is 2.33. The van der Waals surface area contributed by atoms with Crippen LogP contribution in [0.3, 0.4) is 0 Å². The van der Waals surface area contributed by atoms with Gasteiger partial charge in [-0.15, -0.1) is 0 Å². The monoisotopic (exact) mass is 273 g/mol. The number of hydrogen-bond acceptors (Lipinski definition) is 3. The van der Waals surface area contributed by atoms with Gasteiger partial charge in [-0.2, -0.15) is 0 Å². The lowest BCUT2D eigenvalue weighted by Gasteiger charge is -2.40. The van der Waals surface area contributed by atoms with E-state index in [1.54, 1.807) is 0 Å². The third kappa shape index (κ3) is 3.40. The van der Waals surface area contributed by atoms with Crippen molar-refractivity contribution in [3.63, 3.8) is 0 Å². The maximum Gasteiger partial charge on any atom is 0.0283 e. The van der Waals surface area contributed by atoms with E-state index in [4.69, 9.17) is 0 Å². The van der Waals surface area contributed by atoms with E-state index in [0.717, 1.165) is 13.1 Å². The summed E-state index contributed by atoms with van der Waals surface area (Å²) < 4.78 is 0. The van der Waals surface area contributed by atoms with Gasteiger partial charge in [-0.25, -0.2) is 5.01 Å². The number of nitrogens with zero attached hydrogens (tertiary/aromatic N) is 2. The molecule has 3 nitrogen and oxygen atoms in total. The van der Waals surface area contributed by atoms with E-state index in [2.05, 4.69) is 52.7 Å². The number of nitrogens with one attached hydrogen (secondary N) is 1. The standard InChI is InChI=1S/C17H27N3/c1-19-11-13-20(14-12-19)18-17-10-6-5-9-16(17)15-7-3-2-4-8-15/h2-4,7-8,16-18H,5-6,9-14H2,1H3. The average Bonchev–Trinajstić information content (AvgIpc) is 2.51. The summed E-state index contributed by atoms with van der Waals surface area (Å²) >= 11 is 0. The van der Waals surface area contributed by atoms with Gasteiger partial charge in [0, 0.05) is 38.1 Å². The maximum atomic E-state index is 3.83. The van der Waals surface area contributed by atoms with E-state index >= 15 is 0 Å². The molecule has 1 saturated carbocycles. The molecule has 1 saturated heterocycles. The lowest BCUT2D eigenvalue weighted by molar-refractivity contribution is 0.0723. The van der Waals surface area contributed by atoms with Gasteiger partial charge in [-0.3, -0.25) is 5.43 Å². The Morgan fingerprint density at radius 2 is 1.65 bits per heavy atom. The van der Waals surface area contributed by atoms with Crippen LogP contribution in [0.15, 0.2) is 30.3 Å². The second-order valence-corrected chi connectivity index (χ2v) is 6.33. The molecule has 110 valence electrons. The van der Waals surface area contributed by atoms with E-state index in [-0.39, 0.29) is 0 Å². The molecular formula is C17H27N3. The van der Waals surface area contributed by atoms with Crippen LogP contribution >= 0.6 is 0 Å². The highest BCUT2D eigenvalue weighted by atomic mass is 15.5. The SMILES string of the molecule is CN1CCN(NC2CCCCC2c2ccccc2)CC1. The van der Waals surface area contributed by atoms with Gasteiger partial charge in [0.2, 0.25) is 0 Å². The van der Waals surface area contributed by atoms with Crippen molar-refractivity contribution in [2.45, 2.75) is 37.6 Å². The highest BCUT2D eigenvalue weighted by molar-refractivity contribution is 5.21. The molecule has 2 fully saturated rings. The Kier molecular flexibility index (Phi) is 4.71. The Bertz CT molecular complexity index is 398. The van der Waals surface area contributed by atoms with Gasteiger partial charge >= 0.3 is 0 Å². The van der Waals surface area contributed by atoms with Crippen molar-refractivity contribution in [2.75, 3.05) is 33.2 Å². The first-order valence-electron chi connectivity index (χ1n) is 8.07. The molecule has 20 heavy (non-hydrogen) atoms. The maximum absolute atomic E-state index is 3.83. The molecule has 1 aromatic carbocycles. The largest absolute Gasteiger partial charge is 0.304 e. The predicted octanol–water partition coefficient (Wildman–Crippen LogP) is 2.46. The van der Waals surface area contributed by atoms with Gasteiger partial charge < -0.3 is 4.90 Å². The van der Waals surface area contributed by atoms with Crippen molar-refractivity contribution in [3.05, 3.63) is 35.9 Å². The van der Waals surface area contributed by atoms with E-state index in [9.17, 15) is 0 Å². The Hall–Kier alpha value is -0.900. The van der Waals surface area contributed by atoms with Crippen molar-refractivity contribution >= 4 is 0 Å². The summed E-state index contributed by atoms with van der Waals surface area (Å²) in [6.45, 7) is 4.65. The van der Waals surface area contributed by atoms with Crippen LogP contribution in [0, 0.1) is 0 Å². The van der Waals surface area contributed by atoms with E-state index in [1.807, 2.05) is 0 Å². The van der Waals surface area contributed by atoms with Crippen molar-refractivity contribution in [1.82, 2.24) is 15.3 Å². The molecular weight excluding hydrogens is 246 g/mol. The van der Waals surface area contributed by atoms with Crippen molar-refractivity contribution in [2.24, 2.45) is 0 Å². The average molecular weight is 273 g/mol. The fourth-order valence-electron chi connectivity index (χ4n) is 3.55. The smallest absolute Gasteiger partial charge is 0.0283 e. The molecule has 0 bridgehead atoms. The molecule has 1 aliphatic carbocycles. The molecule has 3 heteroatoms. The van der Waals surface area contributed by atoms with Gasteiger partial charge in [0.05, 0.1) is 0 Å². The zero-order valence-electron chi connectivity index (χ0n) is 12.6. The van der Waals surface area contributed by atoms with Crippen LogP contribution in [-0.2, 0) is 0 Å². The summed E-state index contributed by atoms with van der Waals surface area (Å²) in [6, 6.07) is 11.7.